The van der Waals surface area contributed by atoms with Gasteiger partial charge in [0.15, 0.2) is 6.29 Å². The van der Waals surface area contributed by atoms with Gasteiger partial charge in [0.1, 0.15) is 6.29 Å². The van der Waals surface area contributed by atoms with E-state index in [1.54, 1.807) is 0 Å². The zero-order valence-electron chi connectivity index (χ0n) is 25.5. The molecule has 0 bridgehead atoms. The first-order valence-electron chi connectivity index (χ1n) is 16.3. The van der Waals surface area contributed by atoms with Gasteiger partial charge < -0.3 is 14.3 Å². The third-order valence-electron chi connectivity index (χ3n) is 14.8. The third-order valence-corrected chi connectivity index (χ3v) is 14.8. The Hall–Kier alpha value is -0.670. The molecule has 1 saturated heterocycles. The van der Waals surface area contributed by atoms with Gasteiger partial charge in [0.25, 0.3) is 0 Å². The van der Waals surface area contributed by atoms with E-state index in [9.17, 15) is 4.79 Å². The summed E-state index contributed by atoms with van der Waals surface area (Å²) in [5, 5.41) is 0. The van der Waals surface area contributed by atoms with Crippen LogP contribution in [0.15, 0.2) is 12.2 Å². The predicted octanol–water partition coefficient (Wildman–Crippen LogP) is 8.75. The van der Waals surface area contributed by atoms with E-state index in [-0.39, 0.29) is 17.1 Å². The van der Waals surface area contributed by atoms with Crippen LogP contribution in [0, 0.1) is 56.7 Å². The van der Waals surface area contributed by atoms with E-state index >= 15 is 0 Å². The van der Waals surface area contributed by atoms with E-state index in [1.807, 2.05) is 0 Å². The van der Waals surface area contributed by atoms with Crippen molar-refractivity contribution in [3.8, 4) is 0 Å². The van der Waals surface area contributed by atoms with Crippen LogP contribution in [0.1, 0.15) is 125 Å². The minimum absolute atomic E-state index is 0.00795. The molecule has 0 radical (unpaired) electrons. The van der Waals surface area contributed by atoms with E-state index in [1.165, 1.54) is 76.1 Å². The molecule has 0 N–H and O–H groups in total. The molecule has 0 amide bonds. The summed E-state index contributed by atoms with van der Waals surface area (Å²) in [5.41, 5.74) is 2.42. The van der Waals surface area contributed by atoms with Crippen molar-refractivity contribution < 1.29 is 14.3 Å². The van der Waals surface area contributed by atoms with Crippen molar-refractivity contribution in [2.75, 3.05) is 6.61 Å². The van der Waals surface area contributed by atoms with Gasteiger partial charge >= 0.3 is 0 Å². The number of carbonyl (C=O) groups is 1. The Morgan fingerprint density at radius 2 is 1.63 bits per heavy atom. The maximum absolute atomic E-state index is 12.7. The lowest BCUT2D eigenvalue weighted by molar-refractivity contribution is -0.272. The van der Waals surface area contributed by atoms with E-state index in [0.717, 1.165) is 31.8 Å². The van der Waals surface area contributed by atoms with Gasteiger partial charge in [-0.15, -0.1) is 0 Å². The van der Waals surface area contributed by atoms with Gasteiger partial charge in [-0.3, -0.25) is 0 Å². The summed E-state index contributed by atoms with van der Waals surface area (Å²) in [6, 6.07) is 0. The minimum Gasteiger partial charge on any atom is -0.353 e. The lowest BCUT2D eigenvalue weighted by Gasteiger charge is -2.73. The number of allylic oxidation sites excluding steroid dienone is 1. The maximum atomic E-state index is 12.7. The summed E-state index contributed by atoms with van der Waals surface area (Å²) >= 11 is 0. The van der Waals surface area contributed by atoms with Crippen LogP contribution in [-0.2, 0) is 14.3 Å². The molecule has 6 fully saturated rings. The smallest absolute Gasteiger partial charge is 0.157 e. The second kappa shape index (κ2) is 9.17. The van der Waals surface area contributed by atoms with Gasteiger partial charge in [-0.25, -0.2) is 0 Å². The highest BCUT2D eigenvalue weighted by Crippen LogP contribution is 2.77. The van der Waals surface area contributed by atoms with Crippen LogP contribution in [0.5, 0.6) is 0 Å². The molecule has 5 saturated carbocycles. The molecule has 6 aliphatic rings. The van der Waals surface area contributed by atoms with Crippen LogP contribution in [0.3, 0.4) is 0 Å². The van der Waals surface area contributed by atoms with Crippen LogP contribution < -0.4 is 0 Å². The number of carbonyl (C=O) groups excluding carboxylic acids is 1. The van der Waals surface area contributed by atoms with E-state index in [2.05, 4.69) is 48.1 Å². The van der Waals surface area contributed by atoms with Gasteiger partial charge in [-0.1, -0.05) is 46.8 Å². The molecule has 11 atom stereocenters. The highest BCUT2D eigenvalue weighted by atomic mass is 16.7. The minimum atomic E-state index is -0.0866. The van der Waals surface area contributed by atoms with Crippen molar-refractivity contribution in [3.63, 3.8) is 0 Å². The maximum Gasteiger partial charge on any atom is 0.157 e. The fourth-order valence-electron chi connectivity index (χ4n) is 12.6. The van der Waals surface area contributed by atoms with Crippen LogP contribution in [0.25, 0.3) is 0 Å². The number of ether oxygens (including phenoxy) is 2. The Kier molecular flexibility index (Phi) is 6.63. The molecule has 6 rings (SSSR count). The summed E-state index contributed by atoms with van der Waals surface area (Å²) in [5.74, 6) is 3.15. The highest BCUT2D eigenvalue weighted by molar-refractivity contribution is 5.62. The molecule has 0 spiro atoms. The Morgan fingerprint density at radius 3 is 2.32 bits per heavy atom. The number of fused-ring (bicyclic) bond motifs is 7. The fraction of sp³-hybridized carbons (Fsp3) is 0.914. The Morgan fingerprint density at radius 1 is 0.842 bits per heavy atom. The van der Waals surface area contributed by atoms with E-state index in [0.29, 0.717) is 46.0 Å². The van der Waals surface area contributed by atoms with Gasteiger partial charge in [-0.2, -0.15) is 0 Å². The summed E-state index contributed by atoms with van der Waals surface area (Å²) in [7, 11) is 0. The van der Waals surface area contributed by atoms with E-state index in [4.69, 9.17) is 9.47 Å². The normalized spacial score (nSPS) is 53.7. The van der Waals surface area contributed by atoms with Gasteiger partial charge in [0, 0.05) is 12.0 Å². The van der Waals surface area contributed by atoms with Gasteiger partial charge in [0.05, 0.1) is 6.10 Å². The molecule has 0 aromatic heterocycles. The largest absolute Gasteiger partial charge is 0.353 e. The third kappa shape index (κ3) is 3.61. The summed E-state index contributed by atoms with van der Waals surface area (Å²) < 4.78 is 12.8. The fourth-order valence-corrected chi connectivity index (χ4v) is 12.6. The van der Waals surface area contributed by atoms with Crippen molar-refractivity contribution in [1.29, 1.82) is 0 Å². The molecular formula is C35H56O3. The van der Waals surface area contributed by atoms with Crippen molar-refractivity contribution >= 4 is 6.29 Å². The highest BCUT2D eigenvalue weighted by Gasteiger charge is 2.71. The van der Waals surface area contributed by atoms with E-state index < -0.39 is 0 Å². The van der Waals surface area contributed by atoms with Crippen LogP contribution >= 0.6 is 0 Å². The average Bonchev–Trinajstić information content (AvgIpc) is 3.27. The van der Waals surface area contributed by atoms with Gasteiger partial charge in [0.2, 0.25) is 0 Å². The molecule has 214 valence electrons. The zero-order chi connectivity index (χ0) is 27.1. The van der Waals surface area contributed by atoms with Gasteiger partial charge in [-0.05, 0) is 142 Å². The Balaban J connectivity index is 1.29. The van der Waals surface area contributed by atoms with Crippen molar-refractivity contribution in [3.05, 3.63) is 12.2 Å². The quantitative estimate of drug-likeness (QED) is 0.209. The Bertz CT molecular complexity index is 949. The first-order valence-corrected chi connectivity index (χ1v) is 16.3. The summed E-state index contributed by atoms with van der Waals surface area (Å²) in [6.07, 6.45) is 17.5. The second-order valence-corrected chi connectivity index (χ2v) is 16.3. The first kappa shape index (κ1) is 27.5. The first-order chi connectivity index (χ1) is 17.9. The van der Waals surface area contributed by atoms with Crippen molar-refractivity contribution in [2.24, 2.45) is 56.7 Å². The van der Waals surface area contributed by atoms with Crippen LogP contribution in [0.2, 0.25) is 0 Å². The second-order valence-electron chi connectivity index (χ2n) is 16.3. The van der Waals surface area contributed by atoms with Crippen molar-refractivity contribution in [2.45, 2.75) is 137 Å². The molecule has 5 aliphatic carbocycles. The molecule has 3 nitrogen and oxygen atoms in total. The Labute approximate surface area is 233 Å². The SMILES string of the molecule is C=C(C)C1CCC2(C=O)CCC3(C)C(CCC4C5(C)CCC(OC6CCCCO6)C(C)(C)C5CCC43C)C12. The molecule has 11 unspecified atom stereocenters. The topological polar surface area (TPSA) is 35.5 Å². The zero-order valence-corrected chi connectivity index (χ0v) is 25.5. The molecule has 0 aromatic carbocycles. The summed E-state index contributed by atoms with van der Waals surface area (Å²) in [6.45, 7) is 20.6. The molecule has 38 heavy (non-hydrogen) atoms. The molecule has 0 aromatic rings. The molecule has 1 heterocycles. The predicted molar refractivity (Wildman–Crippen MR) is 153 cm³/mol. The van der Waals surface area contributed by atoms with Crippen LogP contribution in [0.4, 0.5) is 0 Å². The average molecular weight is 525 g/mol. The lowest BCUT2D eigenvalue weighted by atomic mass is 9.32. The summed E-state index contributed by atoms with van der Waals surface area (Å²) in [4.78, 5) is 12.7. The molecular weight excluding hydrogens is 468 g/mol. The number of hydrogen-bond acceptors (Lipinski definition) is 3. The van der Waals surface area contributed by atoms with Crippen LogP contribution in [-0.4, -0.2) is 25.3 Å². The number of aldehydes is 1. The lowest BCUT2D eigenvalue weighted by Crippen LogP contribution is -2.67. The monoisotopic (exact) mass is 524 g/mol. The number of rotatable bonds is 4. The van der Waals surface area contributed by atoms with Crippen molar-refractivity contribution in [1.82, 2.24) is 0 Å². The molecule has 1 aliphatic heterocycles. The molecule has 3 heteroatoms. The number of hydrogen-bond donors (Lipinski definition) is 0. The standard InChI is InChI=1S/C35H56O3/c1-23(2)24-13-18-35(22-36)20-19-33(6)25(30(24)35)11-12-27-32(5)16-15-28(38-29-10-8-9-21-37-29)31(3,4)26(32)14-17-34(27,33)7/h22,24-30H,1,8-21H2,2-7H3.